The summed E-state index contributed by atoms with van der Waals surface area (Å²) in [5, 5.41) is 15.2. The fourth-order valence-electron chi connectivity index (χ4n) is 4.50. The van der Waals surface area contributed by atoms with E-state index in [1.807, 2.05) is 27.2 Å². The third-order valence-corrected chi connectivity index (χ3v) is 7.67. The van der Waals surface area contributed by atoms with Crippen LogP contribution in [0.3, 0.4) is 0 Å². The van der Waals surface area contributed by atoms with Gasteiger partial charge in [0.1, 0.15) is 11.8 Å². The normalized spacial score (nSPS) is 22.2. The van der Waals surface area contributed by atoms with E-state index in [4.69, 9.17) is 5.73 Å². The molecule has 5 heterocycles. The van der Waals surface area contributed by atoms with Crippen molar-refractivity contribution in [2.24, 2.45) is 0 Å². The number of thioether (sulfide) groups is 1. The van der Waals surface area contributed by atoms with Gasteiger partial charge in [-0.2, -0.15) is 11.8 Å². The van der Waals surface area contributed by atoms with Crippen LogP contribution in [0.2, 0.25) is 0 Å². The van der Waals surface area contributed by atoms with Gasteiger partial charge in [0.05, 0.1) is 24.1 Å². The molecule has 11 nitrogen and oxygen atoms in total. The molecule has 2 fully saturated rings. The van der Waals surface area contributed by atoms with Crippen LogP contribution in [0.15, 0.2) is 18.9 Å². The molecule has 0 aromatic carbocycles. The molecule has 0 radical (unpaired) electrons. The van der Waals surface area contributed by atoms with E-state index in [1.165, 1.54) is 19.2 Å². The second kappa shape index (κ2) is 9.31. The Morgan fingerprint density at radius 2 is 2.06 bits per heavy atom. The Kier molecular flexibility index (Phi) is 6.10. The molecule has 0 unspecified atom stereocenters. The summed E-state index contributed by atoms with van der Waals surface area (Å²) < 4.78 is 3.89. The minimum Gasteiger partial charge on any atom is -0.382 e. The Balaban J connectivity index is 1.00. The van der Waals surface area contributed by atoms with Gasteiger partial charge in [0.2, 0.25) is 0 Å². The molecule has 32 heavy (non-hydrogen) atoms. The highest BCUT2D eigenvalue weighted by atomic mass is 32.2. The van der Waals surface area contributed by atoms with Crippen molar-refractivity contribution in [3.05, 3.63) is 24.5 Å². The molecule has 2 aliphatic heterocycles. The van der Waals surface area contributed by atoms with E-state index < -0.39 is 0 Å². The van der Waals surface area contributed by atoms with Gasteiger partial charge < -0.3 is 20.9 Å². The highest BCUT2D eigenvalue weighted by Crippen LogP contribution is 2.33. The van der Waals surface area contributed by atoms with Gasteiger partial charge in [0.25, 0.3) is 0 Å². The Hall–Kier alpha value is -2.89. The van der Waals surface area contributed by atoms with Crippen molar-refractivity contribution in [3.8, 4) is 0 Å². The first-order chi connectivity index (χ1) is 15.7. The number of nitrogen functional groups attached to an aromatic ring is 1. The molecule has 0 spiro atoms. The Bertz CT molecular complexity index is 1080. The maximum Gasteiger partial charge on any atom is 0.315 e. The lowest BCUT2D eigenvalue weighted by molar-refractivity contribution is 0.247. The average Bonchev–Trinajstić information content (AvgIpc) is 3.54. The monoisotopic (exact) mass is 456 g/mol. The zero-order valence-electron chi connectivity index (χ0n) is 17.9. The van der Waals surface area contributed by atoms with Gasteiger partial charge >= 0.3 is 6.03 Å². The number of aryl methyl sites for hydroxylation is 3. The van der Waals surface area contributed by atoms with E-state index in [0.717, 1.165) is 55.9 Å². The molecule has 0 saturated carbocycles. The molecule has 3 aromatic rings. The number of amides is 2. The lowest BCUT2D eigenvalue weighted by Gasteiger charge is -2.16. The third-order valence-electron chi connectivity index (χ3n) is 6.16. The molecule has 2 saturated heterocycles. The molecule has 0 bridgehead atoms. The summed E-state index contributed by atoms with van der Waals surface area (Å²) in [6.07, 6.45) is 11.7. The summed E-state index contributed by atoms with van der Waals surface area (Å²) in [6.45, 7) is 1.56. The number of hydrogen-bond acceptors (Lipinski definition) is 8. The van der Waals surface area contributed by atoms with Crippen molar-refractivity contribution in [2.45, 2.75) is 68.9 Å². The molecular weight excluding hydrogens is 428 g/mol. The Morgan fingerprint density at radius 1 is 1.12 bits per heavy atom. The first-order valence-electron chi connectivity index (χ1n) is 11.2. The first kappa shape index (κ1) is 21.0. The lowest BCUT2D eigenvalue weighted by atomic mass is 10.0. The molecule has 3 atom stereocenters. The van der Waals surface area contributed by atoms with E-state index in [0.29, 0.717) is 28.7 Å². The number of imidazole rings is 1. The lowest BCUT2D eigenvalue weighted by Crippen LogP contribution is -2.36. The van der Waals surface area contributed by atoms with Crippen LogP contribution in [0.25, 0.3) is 11.2 Å². The van der Waals surface area contributed by atoms with E-state index in [1.54, 1.807) is 6.33 Å². The highest BCUT2D eigenvalue weighted by molar-refractivity contribution is 8.00. The van der Waals surface area contributed by atoms with Crippen molar-refractivity contribution < 1.29 is 4.79 Å². The van der Waals surface area contributed by atoms with Crippen LogP contribution >= 0.6 is 11.8 Å². The minimum atomic E-state index is -0.00886. The SMILES string of the molecule is Nc1ncnc2c1ncn2CCCn1cc(CCCCC[C@@H]2SC[C@@H]3NC(=O)N[C@@H]32)nn1. The summed E-state index contributed by atoms with van der Waals surface area (Å²) >= 11 is 1.98. The van der Waals surface area contributed by atoms with Crippen LogP contribution in [-0.2, 0) is 19.5 Å². The van der Waals surface area contributed by atoms with Gasteiger partial charge in [-0.1, -0.05) is 18.1 Å². The van der Waals surface area contributed by atoms with Gasteiger partial charge in [-0.15, -0.1) is 5.10 Å². The van der Waals surface area contributed by atoms with Gasteiger partial charge in [-0.3, -0.25) is 4.68 Å². The average molecular weight is 457 g/mol. The molecule has 170 valence electrons. The van der Waals surface area contributed by atoms with Crippen LogP contribution in [0.4, 0.5) is 10.6 Å². The molecular formula is C20H28N10OS. The minimum absolute atomic E-state index is 0.00886. The van der Waals surface area contributed by atoms with Gasteiger partial charge in [-0.25, -0.2) is 19.7 Å². The summed E-state index contributed by atoms with van der Waals surface area (Å²) in [5.74, 6) is 1.43. The number of nitrogens with one attached hydrogen (secondary N) is 2. The topological polar surface area (TPSA) is 141 Å². The van der Waals surface area contributed by atoms with Crippen LogP contribution in [0, 0.1) is 0 Å². The highest BCUT2D eigenvalue weighted by Gasteiger charge is 2.42. The number of unbranched alkanes of at least 4 members (excludes halogenated alkanes) is 2. The van der Waals surface area contributed by atoms with Crippen molar-refractivity contribution in [1.29, 1.82) is 0 Å². The van der Waals surface area contributed by atoms with Crippen LogP contribution < -0.4 is 16.4 Å². The number of urea groups is 1. The second-order valence-electron chi connectivity index (χ2n) is 8.42. The number of anilines is 1. The van der Waals surface area contributed by atoms with E-state index in [2.05, 4.69) is 35.9 Å². The van der Waals surface area contributed by atoms with Crippen molar-refractivity contribution >= 4 is 34.8 Å². The van der Waals surface area contributed by atoms with E-state index in [9.17, 15) is 4.79 Å². The van der Waals surface area contributed by atoms with Crippen molar-refractivity contribution in [1.82, 2.24) is 45.1 Å². The van der Waals surface area contributed by atoms with Crippen LogP contribution in [-0.4, -0.2) is 63.6 Å². The smallest absolute Gasteiger partial charge is 0.315 e. The number of carbonyl (C=O) groups is 1. The molecule has 4 N–H and O–H groups in total. The maximum atomic E-state index is 11.5. The molecule has 5 rings (SSSR count). The zero-order valence-corrected chi connectivity index (χ0v) is 18.7. The Labute approximate surface area is 190 Å². The number of fused-ring (bicyclic) bond motifs is 2. The predicted molar refractivity (Wildman–Crippen MR) is 122 cm³/mol. The summed E-state index contributed by atoms with van der Waals surface area (Å²) in [6, 6.07) is 0.606. The van der Waals surface area contributed by atoms with Crippen LogP contribution in [0.1, 0.15) is 37.8 Å². The van der Waals surface area contributed by atoms with Gasteiger partial charge in [0.15, 0.2) is 11.5 Å². The number of hydrogen-bond donors (Lipinski definition) is 3. The summed E-state index contributed by atoms with van der Waals surface area (Å²) in [5.41, 5.74) is 8.29. The van der Waals surface area contributed by atoms with Crippen molar-refractivity contribution in [3.63, 3.8) is 0 Å². The number of nitrogens with two attached hydrogens (primary N) is 1. The standard InChI is InChI=1S/C20H28N10OS/c21-18-17-19(23-11-22-18)29(12-24-17)7-4-8-30-9-13(27-28-30)5-2-1-3-6-15-16-14(10-32-15)25-20(31)26-16/h9,11-12,14-16H,1-8,10H2,(H2,21,22,23)(H2,25,26,31)/t14-,15-,16-/m0/s1. The zero-order chi connectivity index (χ0) is 21.9. The molecule has 2 aliphatic rings. The predicted octanol–water partition coefficient (Wildman–Crippen LogP) is 1.36. The molecule has 0 aliphatic carbocycles. The third kappa shape index (κ3) is 4.50. The molecule has 2 amide bonds. The van der Waals surface area contributed by atoms with Crippen molar-refractivity contribution in [2.75, 3.05) is 11.5 Å². The second-order valence-corrected chi connectivity index (χ2v) is 9.69. The van der Waals surface area contributed by atoms with Crippen LogP contribution in [0.5, 0.6) is 0 Å². The number of nitrogens with zero attached hydrogens (tertiary/aromatic N) is 7. The molecule has 12 heteroatoms. The molecule has 3 aromatic heterocycles. The fourth-order valence-corrected chi connectivity index (χ4v) is 6.04. The Morgan fingerprint density at radius 3 is 3.00 bits per heavy atom. The first-order valence-corrected chi connectivity index (χ1v) is 12.2. The van der Waals surface area contributed by atoms with E-state index in [-0.39, 0.29) is 6.03 Å². The fraction of sp³-hybridized carbons (Fsp3) is 0.600. The maximum absolute atomic E-state index is 11.5. The van der Waals surface area contributed by atoms with E-state index >= 15 is 0 Å². The van der Waals surface area contributed by atoms with Gasteiger partial charge in [0, 0.05) is 30.3 Å². The number of carbonyl (C=O) groups excluding carboxylic acids is 1. The number of rotatable bonds is 10. The quantitative estimate of drug-likeness (QED) is 0.307. The summed E-state index contributed by atoms with van der Waals surface area (Å²) in [7, 11) is 0. The number of aromatic nitrogens is 7. The summed E-state index contributed by atoms with van der Waals surface area (Å²) in [4.78, 5) is 24.0. The largest absolute Gasteiger partial charge is 0.382 e. The van der Waals surface area contributed by atoms with Gasteiger partial charge in [-0.05, 0) is 25.7 Å².